The second-order valence-electron chi connectivity index (χ2n) is 2.45. The molecule has 0 aromatic rings. The van der Waals surface area contributed by atoms with E-state index < -0.39 is 0 Å². The summed E-state index contributed by atoms with van der Waals surface area (Å²) in [5, 5.41) is 24.9. The molecule has 1 rings (SSSR count). The van der Waals surface area contributed by atoms with Gasteiger partial charge in [-0.25, -0.2) is 0 Å². The van der Waals surface area contributed by atoms with Crippen LogP contribution < -0.4 is 0 Å². The Balaban J connectivity index is 2.40. The minimum Gasteiger partial charge on any atom is -0.105 e. The number of rotatable bonds is 0. The van der Waals surface area contributed by atoms with Gasteiger partial charge in [-0.15, -0.1) is 70.6 Å². The van der Waals surface area contributed by atoms with Crippen molar-refractivity contribution in [1.29, 1.82) is 0 Å². The van der Waals surface area contributed by atoms with Crippen molar-refractivity contribution in [1.82, 2.24) is 0 Å². The zero-order valence-electron chi connectivity index (χ0n) is 9.38. The van der Waals surface area contributed by atoms with Crippen molar-refractivity contribution in [3.05, 3.63) is 64.9 Å². The molecule has 0 unspecified atom stereocenters. The minimum atomic E-state index is 1.68. The monoisotopic (exact) mass is 348 g/mol. The molecule has 18 heavy (non-hydrogen) atoms. The van der Waals surface area contributed by atoms with E-state index in [0.29, 0.717) is 0 Å². The lowest BCUT2D eigenvalue weighted by molar-refractivity contribution is 2.42. The lowest BCUT2D eigenvalue weighted by atomic mass is 11.2. The van der Waals surface area contributed by atoms with Gasteiger partial charge in [-0.2, -0.15) is 0 Å². The third kappa shape index (κ3) is 11.6. The van der Waals surface area contributed by atoms with Crippen molar-refractivity contribution < 1.29 is 0 Å². The first kappa shape index (κ1) is 16.6. The maximum absolute atomic E-state index is 2.08. The van der Waals surface area contributed by atoms with E-state index in [1.165, 1.54) is 0 Å². The van der Waals surface area contributed by atoms with Gasteiger partial charge >= 0.3 is 0 Å². The lowest BCUT2D eigenvalue weighted by Gasteiger charge is -1.86. The Hall–Kier alpha value is 0.540. The fourth-order valence-electron chi connectivity index (χ4n) is 0.657. The van der Waals surface area contributed by atoms with Crippen molar-refractivity contribution in [2.24, 2.45) is 0 Å². The number of hydrogen-bond donors (Lipinski definition) is 0. The molecule has 0 bridgehead atoms. The maximum Gasteiger partial charge on any atom is -0.0181 e. The fraction of sp³-hybridized carbons (Fsp3) is 0. The van der Waals surface area contributed by atoms with Crippen molar-refractivity contribution in [2.75, 3.05) is 0 Å². The molecule has 0 fully saturated rings. The molecular weight excluding hydrogens is 337 g/mol. The van der Waals surface area contributed by atoms with Crippen LogP contribution in [0.2, 0.25) is 0 Å². The van der Waals surface area contributed by atoms with Gasteiger partial charge in [0.15, 0.2) is 0 Å². The largest absolute Gasteiger partial charge is 0.105 e. The highest BCUT2D eigenvalue weighted by atomic mass is 32.2. The predicted molar refractivity (Wildman–Crippen MR) is 100 cm³/mol. The first-order chi connectivity index (χ1) is 9.00. The third-order valence-corrected chi connectivity index (χ3v) is 5.83. The Morgan fingerprint density at radius 2 is 0.333 bits per heavy atom. The van der Waals surface area contributed by atoms with E-state index >= 15 is 0 Å². The normalized spacial score (nSPS) is 27.6. The number of hydrogen-bond acceptors (Lipinski definition) is 6. The first-order valence-corrected chi connectivity index (χ1v) is 10.5. The molecule has 1 aliphatic rings. The van der Waals surface area contributed by atoms with Crippen molar-refractivity contribution >= 4 is 70.6 Å². The van der Waals surface area contributed by atoms with E-state index in [0.717, 1.165) is 0 Å². The molecule has 0 saturated carbocycles. The topological polar surface area (TPSA) is 0 Å². The Labute approximate surface area is 134 Å². The molecule has 0 spiro atoms. The van der Waals surface area contributed by atoms with Gasteiger partial charge in [0.05, 0.1) is 0 Å². The van der Waals surface area contributed by atoms with Crippen LogP contribution in [0.25, 0.3) is 0 Å². The summed E-state index contributed by atoms with van der Waals surface area (Å²) in [6.45, 7) is 0. The van der Waals surface area contributed by atoms with Gasteiger partial charge in [0, 0.05) is 0 Å². The van der Waals surface area contributed by atoms with Crippen molar-refractivity contribution in [3.8, 4) is 0 Å². The van der Waals surface area contributed by atoms with Gasteiger partial charge in [0.25, 0.3) is 0 Å². The van der Waals surface area contributed by atoms with E-state index in [4.69, 9.17) is 0 Å². The molecule has 0 atom stereocenters. The second-order valence-corrected chi connectivity index (χ2v) is 7.35. The van der Waals surface area contributed by atoms with Crippen LogP contribution in [0.3, 0.4) is 0 Å². The Kier molecular flexibility index (Phi) is 12.9. The van der Waals surface area contributed by atoms with E-state index in [1.54, 1.807) is 70.6 Å². The van der Waals surface area contributed by atoms with E-state index in [9.17, 15) is 0 Å². The van der Waals surface area contributed by atoms with Gasteiger partial charge in [-0.1, -0.05) is 0 Å². The summed E-state index contributed by atoms with van der Waals surface area (Å²) in [5.74, 6) is 0. The quantitative estimate of drug-likeness (QED) is 0.449. The highest BCUT2D eigenvalue weighted by Gasteiger charge is 1.78. The Morgan fingerprint density at radius 1 is 0.222 bits per heavy atom. The molecule has 0 aliphatic carbocycles. The van der Waals surface area contributed by atoms with Crippen LogP contribution in [0, 0.1) is 0 Å². The van der Waals surface area contributed by atoms with Crippen LogP contribution >= 0.6 is 70.6 Å². The lowest BCUT2D eigenvalue weighted by Crippen LogP contribution is -1.49. The molecule has 0 amide bonds. The van der Waals surface area contributed by atoms with Crippen LogP contribution in [-0.4, -0.2) is 0 Å². The van der Waals surface area contributed by atoms with Crippen LogP contribution in [0.5, 0.6) is 0 Å². The molecule has 0 aromatic heterocycles. The molecule has 1 aliphatic heterocycles. The smallest absolute Gasteiger partial charge is 0.0181 e. The summed E-state index contributed by atoms with van der Waals surface area (Å²) < 4.78 is 0. The summed E-state index contributed by atoms with van der Waals surface area (Å²) in [7, 11) is 0. The zero-order chi connectivity index (χ0) is 12.7. The van der Waals surface area contributed by atoms with E-state index in [-0.39, 0.29) is 0 Å². The van der Waals surface area contributed by atoms with Crippen LogP contribution in [0.15, 0.2) is 64.9 Å². The van der Waals surface area contributed by atoms with E-state index in [1.807, 2.05) is 0 Å². The standard InChI is InChI=1S/C12H12S6/c1-2-14-5-6-16-9-10-18-12-11-17-8-7-15-4-3-13-1/h1-12H/b2-1-,4-3-,6-5-,8-7-,10-9-,12-11?. The summed E-state index contributed by atoms with van der Waals surface area (Å²) >= 11 is 10.1. The molecule has 96 valence electrons. The van der Waals surface area contributed by atoms with Gasteiger partial charge in [-0.05, 0) is 64.9 Å². The molecule has 1 heterocycles. The third-order valence-electron chi connectivity index (χ3n) is 1.28. The summed E-state index contributed by atoms with van der Waals surface area (Å²) in [5.41, 5.74) is 0. The van der Waals surface area contributed by atoms with E-state index in [2.05, 4.69) is 64.9 Å². The second kappa shape index (κ2) is 14.0. The first-order valence-electron chi connectivity index (χ1n) is 4.83. The Bertz CT molecular complexity index is 248. The van der Waals surface area contributed by atoms with Gasteiger partial charge < -0.3 is 0 Å². The number of thioether (sulfide) groups is 6. The highest BCUT2D eigenvalue weighted by Crippen LogP contribution is 2.19. The predicted octanol–water partition coefficient (Wildman–Crippen LogP) is 7.23. The summed E-state index contributed by atoms with van der Waals surface area (Å²) in [4.78, 5) is 0. The average molecular weight is 349 g/mol. The highest BCUT2D eigenvalue weighted by molar-refractivity contribution is 8.12. The fourth-order valence-corrected chi connectivity index (χ4v) is 4.28. The van der Waals surface area contributed by atoms with Gasteiger partial charge in [0.2, 0.25) is 0 Å². The molecule has 0 aromatic carbocycles. The maximum atomic E-state index is 2.08. The van der Waals surface area contributed by atoms with Crippen molar-refractivity contribution in [2.45, 2.75) is 0 Å². The zero-order valence-corrected chi connectivity index (χ0v) is 14.3. The van der Waals surface area contributed by atoms with Crippen LogP contribution in [0.4, 0.5) is 0 Å². The molecule has 0 saturated heterocycles. The molecule has 0 radical (unpaired) electrons. The van der Waals surface area contributed by atoms with Crippen LogP contribution in [0.1, 0.15) is 0 Å². The van der Waals surface area contributed by atoms with Crippen LogP contribution in [-0.2, 0) is 0 Å². The van der Waals surface area contributed by atoms with Gasteiger partial charge in [-0.3, -0.25) is 0 Å². The molecule has 0 nitrogen and oxygen atoms in total. The van der Waals surface area contributed by atoms with Gasteiger partial charge in [0.1, 0.15) is 0 Å². The summed E-state index contributed by atoms with van der Waals surface area (Å²) in [6, 6.07) is 0. The Morgan fingerprint density at radius 3 is 0.444 bits per heavy atom. The van der Waals surface area contributed by atoms with Crippen molar-refractivity contribution in [3.63, 3.8) is 0 Å². The average Bonchev–Trinajstić information content (AvgIpc) is 2.39. The SMILES string of the molecule is C1=CS/C=C\S/C=C\S/C=C\S/C=C\S/C=C\S1. The minimum absolute atomic E-state index is 1.68. The summed E-state index contributed by atoms with van der Waals surface area (Å²) in [6.07, 6.45) is 0. The molecular formula is C12H12S6. The molecule has 0 N–H and O–H groups in total. The molecule has 6 heteroatoms.